The maximum Gasteiger partial charge on any atom is 0.239 e. The Morgan fingerprint density at radius 1 is 1.29 bits per heavy atom. The third-order valence-corrected chi connectivity index (χ3v) is 4.65. The molecule has 0 aliphatic heterocycles. The fourth-order valence-corrected chi connectivity index (χ4v) is 3.59. The SMILES string of the molecule is CCOC1CC(NC(=O)CNC(=O)CN)C12CCCC2.Cl. The highest BCUT2D eigenvalue weighted by Crippen LogP contribution is 2.54. The predicted octanol–water partition coefficient (Wildman–Crippen LogP) is 0.337. The van der Waals surface area contributed by atoms with Gasteiger partial charge in [-0.15, -0.1) is 12.4 Å². The summed E-state index contributed by atoms with van der Waals surface area (Å²) in [6.07, 6.45) is 5.82. The highest BCUT2D eigenvalue weighted by molar-refractivity contribution is 5.86. The maximum absolute atomic E-state index is 11.9. The van der Waals surface area contributed by atoms with E-state index in [9.17, 15) is 9.59 Å². The van der Waals surface area contributed by atoms with Gasteiger partial charge in [-0.25, -0.2) is 0 Å². The van der Waals surface area contributed by atoms with E-state index >= 15 is 0 Å². The summed E-state index contributed by atoms with van der Waals surface area (Å²) in [5.41, 5.74) is 5.31. The van der Waals surface area contributed by atoms with Gasteiger partial charge in [0.1, 0.15) is 0 Å². The van der Waals surface area contributed by atoms with Gasteiger partial charge in [-0.2, -0.15) is 0 Å². The van der Waals surface area contributed by atoms with Crippen molar-refractivity contribution in [3.8, 4) is 0 Å². The minimum absolute atomic E-state index is 0. The summed E-state index contributed by atoms with van der Waals surface area (Å²) in [5, 5.41) is 5.54. The molecule has 0 bridgehead atoms. The van der Waals surface area contributed by atoms with Crippen molar-refractivity contribution in [3.05, 3.63) is 0 Å². The molecule has 0 saturated heterocycles. The summed E-state index contributed by atoms with van der Waals surface area (Å²) in [6, 6.07) is 0.184. The van der Waals surface area contributed by atoms with Gasteiger partial charge in [-0.05, 0) is 26.2 Å². The van der Waals surface area contributed by atoms with E-state index in [1.54, 1.807) is 0 Å². The predicted molar refractivity (Wildman–Crippen MR) is 82.2 cm³/mol. The zero-order valence-electron chi connectivity index (χ0n) is 12.5. The van der Waals surface area contributed by atoms with E-state index in [0.717, 1.165) is 25.9 Å². The topological polar surface area (TPSA) is 93.5 Å². The minimum atomic E-state index is -0.309. The number of rotatable bonds is 6. The van der Waals surface area contributed by atoms with Crippen LogP contribution in [0.1, 0.15) is 39.0 Å². The lowest BCUT2D eigenvalue weighted by Crippen LogP contribution is -2.64. The second-order valence-electron chi connectivity index (χ2n) is 5.72. The maximum atomic E-state index is 11.9. The molecule has 2 atom stereocenters. The molecule has 0 aromatic carbocycles. The van der Waals surface area contributed by atoms with Gasteiger partial charge in [0.25, 0.3) is 0 Å². The third-order valence-electron chi connectivity index (χ3n) is 4.65. The number of carbonyl (C=O) groups is 2. The lowest BCUT2D eigenvalue weighted by atomic mass is 9.60. The summed E-state index contributed by atoms with van der Waals surface area (Å²) in [4.78, 5) is 22.9. The van der Waals surface area contributed by atoms with Gasteiger partial charge >= 0.3 is 0 Å². The fraction of sp³-hybridized carbons (Fsp3) is 0.857. The zero-order chi connectivity index (χ0) is 14.6. The van der Waals surface area contributed by atoms with E-state index in [-0.39, 0.29) is 54.9 Å². The highest BCUT2D eigenvalue weighted by atomic mass is 35.5. The first kappa shape index (κ1) is 18.2. The average molecular weight is 320 g/mol. The van der Waals surface area contributed by atoms with E-state index in [1.807, 2.05) is 6.92 Å². The molecule has 2 unspecified atom stereocenters. The van der Waals surface area contributed by atoms with Crippen molar-refractivity contribution in [3.63, 3.8) is 0 Å². The molecule has 2 aliphatic carbocycles. The number of nitrogens with one attached hydrogen (secondary N) is 2. The Balaban J connectivity index is 0.00000220. The summed E-state index contributed by atoms with van der Waals surface area (Å²) < 4.78 is 5.81. The molecule has 2 aliphatic rings. The van der Waals surface area contributed by atoms with Crippen LogP contribution in [0, 0.1) is 5.41 Å². The second-order valence-corrected chi connectivity index (χ2v) is 5.72. The average Bonchev–Trinajstić information content (AvgIpc) is 2.96. The van der Waals surface area contributed by atoms with Crippen LogP contribution in [0.15, 0.2) is 0 Å². The molecule has 2 amide bonds. The molecule has 21 heavy (non-hydrogen) atoms. The first-order valence-corrected chi connectivity index (χ1v) is 7.50. The van der Waals surface area contributed by atoms with E-state index < -0.39 is 0 Å². The first-order valence-electron chi connectivity index (χ1n) is 7.50. The zero-order valence-corrected chi connectivity index (χ0v) is 13.3. The Morgan fingerprint density at radius 2 is 1.95 bits per heavy atom. The molecule has 6 nitrogen and oxygen atoms in total. The van der Waals surface area contributed by atoms with Crippen molar-refractivity contribution in [1.29, 1.82) is 0 Å². The van der Waals surface area contributed by atoms with Crippen LogP contribution in [0.2, 0.25) is 0 Å². The molecule has 2 saturated carbocycles. The molecular weight excluding hydrogens is 294 g/mol. The first-order chi connectivity index (χ1) is 9.62. The molecule has 0 radical (unpaired) electrons. The molecule has 7 heteroatoms. The number of amides is 2. The third kappa shape index (κ3) is 3.87. The molecule has 1 spiro atoms. The van der Waals surface area contributed by atoms with Crippen molar-refractivity contribution in [1.82, 2.24) is 10.6 Å². The van der Waals surface area contributed by atoms with Crippen molar-refractivity contribution in [2.45, 2.75) is 51.2 Å². The van der Waals surface area contributed by atoms with Crippen LogP contribution in [0.5, 0.6) is 0 Å². The Hall–Kier alpha value is -0.850. The summed E-state index contributed by atoms with van der Waals surface area (Å²) in [7, 11) is 0. The van der Waals surface area contributed by atoms with E-state index in [4.69, 9.17) is 10.5 Å². The molecule has 122 valence electrons. The Kier molecular flexibility index (Phi) is 6.90. The second kappa shape index (κ2) is 7.96. The van der Waals surface area contributed by atoms with E-state index in [2.05, 4.69) is 10.6 Å². The molecule has 2 rings (SSSR count). The van der Waals surface area contributed by atoms with Crippen molar-refractivity contribution in [2.75, 3.05) is 19.7 Å². The molecule has 2 fully saturated rings. The number of halogens is 1. The summed E-state index contributed by atoms with van der Waals surface area (Å²) in [6.45, 7) is 2.64. The highest BCUT2D eigenvalue weighted by Gasteiger charge is 2.57. The van der Waals surface area contributed by atoms with Gasteiger partial charge in [-0.1, -0.05) is 12.8 Å². The van der Waals surface area contributed by atoms with Gasteiger partial charge in [-0.3, -0.25) is 9.59 Å². The number of carbonyl (C=O) groups excluding carboxylic acids is 2. The Bertz CT molecular complexity index is 372. The normalized spacial score (nSPS) is 25.8. The smallest absolute Gasteiger partial charge is 0.239 e. The van der Waals surface area contributed by atoms with Gasteiger partial charge in [0.05, 0.1) is 19.2 Å². The van der Waals surface area contributed by atoms with Crippen molar-refractivity contribution in [2.24, 2.45) is 11.1 Å². The van der Waals surface area contributed by atoms with Gasteiger partial charge < -0.3 is 21.1 Å². The number of hydrogen-bond acceptors (Lipinski definition) is 4. The molecular formula is C14H26ClN3O3. The molecule has 4 N–H and O–H groups in total. The van der Waals surface area contributed by atoms with Crippen molar-refractivity contribution >= 4 is 24.2 Å². The number of ether oxygens (including phenoxy) is 1. The van der Waals surface area contributed by atoms with E-state index in [1.165, 1.54) is 12.8 Å². The molecule has 0 heterocycles. The lowest BCUT2D eigenvalue weighted by molar-refractivity contribution is -0.144. The Labute approximate surface area is 132 Å². The lowest BCUT2D eigenvalue weighted by Gasteiger charge is -2.54. The monoisotopic (exact) mass is 319 g/mol. The van der Waals surface area contributed by atoms with Crippen molar-refractivity contribution < 1.29 is 14.3 Å². The van der Waals surface area contributed by atoms with Crippen LogP contribution in [0.4, 0.5) is 0 Å². The van der Waals surface area contributed by atoms with Crippen LogP contribution in [0.25, 0.3) is 0 Å². The van der Waals surface area contributed by atoms with Crippen LogP contribution in [0.3, 0.4) is 0 Å². The van der Waals surface area contributed by atoms with Crippen LogP contribution < -0.4 is 16.4 Å². The van der Waals surface area contributed by atoms with Crippen LogP contribution in [-0.2, 0) is 14.3 Å². The fourth-order valence-electron chi connectivity index (χ4n) is 3.59. The van der Waals surface area contributed by atoms with Gasteiger partial charge in [0.15, 0.2) is 0 Å². The number of hydrogen-bond donors (Lipinski definition) is 3. The molecule has 0 aromatic rings. The Morgan fingerprint density at radius 3 is 2.52 bits per heavy atom. The number of nitrogens with two attached hydrogens (primary N) is 1. The van der Waals surface area contributed by atoms with E-state index in [0.29, 0.717) is 0 Å². The summed E-state index contributed by atoms with van der Waals surface area (Å²) >= 11 is 0. The van der Waals surface area contributed by atoms with Gasteiger partial charge in [0.2, 0.25) is 11.8 Å². The largest absolute Gasteiger partial charge is 0.378 e. The minimum Gasteiger partial charge on any atom is -0.378 e. The van der Waals surface area contributed by atoms with Crippen LogP contribution >= 0.6 is 12.4 Å². The summed E-state index contributed by atoms with van der Waals surface area (Å²) in [5.74, 6) is -0.449. The quantitative estimate of drug-likeness (QED) is 0.658. The standard InChI is InChI=1S/C14H25N3O3.ClH/c1-2-20-11-7-10(14(11)5-3-4-6-14)17-13(19)9-16-12(18)8-15;/h10-11H,2-9,15H2,1H3,(H,16,18)(H,17,19);1H. The molecule has 0 aromatic heterocycles. The van der Waals surface area contributed by atoms with Crippen LogP contribution in [-0.4, -0.2) is 43.7 Å². The van der Waals surface area contributed by atoms with Gasteiger partial charge in [0, 0.05) is 18.1 Å².